The topological polar surface area (TPSA) is 38.7 Å². The Morgan fingerprint density at radius 3 is 2.59 bits per heavy atom. The molecule has 0 radical (unpaired) electrons. The molecule has 22 heavy (non-hydrogen) atoms. The van der Waals surface area contributed by atoms with Gasteiger partial charge in [-0.15, -0.1) is 0 Å². The predicted octanol–water partition coefficient (Wildman–Crippen LogP) is 2.10. The lowest BCUT2D eigenvalue weighted by atomic mass is 9.80. The molecule has 1 aliphatic heterocycles. The molecule has 0 unspecified atom stereocenters. The molecule has 1 heterocycles. The summed E-state index contributed by atoms with van der Waals surface area (Å²) >= 11 is 6.44. The molecule has 0 aromatic heterocycles. The molecule has 0 amide bonds. The third-order valence-corrected chi connectivity index (χ3v) is 5.33. The summed E-state index contributed by atoms with van der Waals surface area (Å²) in [6.45, 7) is 5.60. The Morgan fingerprint density at radius 2 is 1.95 bits per heavy atom. The molecule has 0 bridgehead atoms. The third-order valence-electron chi connectivity index (χ3n) is 4.98. The Labute approximate surface area is 138 Å². The summed E-state index contributed by atoms with van der Waals surface area (Å²) in [6, 6.07) is 6.14. The molecule has 4 nitrogen and oxygen atoms in total. The van der Waals surface area contributed by atoms with Crippen LogP contribution in [0.5, 0.6) is 0 Å². The second kappa shape index (κ2) is 6.75. The lowest BCUT2D eigenvalue weighted by Gasteiger charge is -2.37. The van der Waals surface area contributed by atoms with Crippen molar-refractivity contribution < 1.29 is 5.11 Å². The van der Waals surface area contributed by atoms with Crippen molar-refractivity contribution in [3.63, 3.8) is 0 Å². The lowest BCUT2D eigenvalue weighted by Crippen LogP contribution is -2.46. The molecule has 2 aliphatic rings. The summed E-state index contributed by atoms with van der Waals surface area (Å²) < 4.78 is 0. The average Bonchev–Trinajstić information content (AvgIpc) is 2.48. The van der Waals surface area contributed by atoms with Crippen LogP contribution in [0.25, 0.3) is 0 Å². The van der Waals surface area contributed by atoms with Gasteiger partial charge in [-0.25, -0.2) is 0 Å². The number of aliphatic hydroxyl groups is 1. The maximum absolute atomic E-state index is 10.2. The molecule has 2 fully saturated rings. The van der Waals surface area contributed by atoms with E-state index in [1.807, 2.05) is 12.1 Å². The second-order valence-electron chi connectivity index (χ2n) is 6.71. The summed E-state index contributed by atoms with van der Waals surface area (Å²) in [5.41, 5.74) is 1.89. The number of halogens is 1. The first-order valence-electron chi connectivity index (χ1n) is 8.21. The molecule has 122 valence electrons. The highest BCUT2D eigenvalue weighted by molar-refractivity contribution is 6.31. The number of rotatable bonds is 5. The number of hydrogen-bond acceptors (Lipinski definition) is 4. The Morgan fingerprint density at radius 1 is 1.23 bits per heavy atom. The molecular weight excluding hydrogens is 298 g/mol. The van der Waals surface area contributed by atoms with Crippen LogP contribution < -0.4 is 10.2 Å². The number of nitrogens with zero attached hydrogens (tertiary/aromatic N) is 2. The van der Waals surface area contributed by atoms with Crippen molar-refractivity contribution in [2.24, 2.45) is 0 Å². The van der Waals surface area contributed by atoms with Gasteiger partial charge in [0, 0.05) is 55.5 Å². The summed E-state index contributed by atoms with van der Waals surface area (Å²) in [5, 5.41) is 14.4. The number of benzene rings is 1. The van der Waals surface area contributed by atoms with Crippen molar-refractivity contribution in [1.29, 1.82) is 0 Å². The van der Waals surface area contributed by atoms with Gasteiger partial charge in [0.05, 0.1) is 5.60 Å². The standard InChI is InChI=1S/C17H26ClN3O/c1-20-8-10-21(11-9-20)16-5-2-4-15(18)14(16)12-19-13-17(22)6-3-7-17/h2,4-5,19,22H,3,6-13H2,1H3. The largest absolute Gasteiger partial charge is 0.389 e. The highest BCUT2D eigenvalue weighted by Gasteiger charge is 2.33. The van der Waals surface area contributed by atoms with E-state index in [-0.39, 0.29) is 0 Å². The van der Waals surface area contributed by atoms with Gasteiger partial charge in [0.25, 0.3) is 0 Å². The van der Waals surface area contributed by atoms with Crippen LogP contribution in [0, 0.1) is 0 Å². The monoisotopic (exact) mass is 323 g/mol. The molecule has 5 heteroatoms. The van der Waals surface area contributed by atoms with Crippen molar-refractivity contribution in [1.82, 2.24) is 10.2 Å². The quantitative estimate of drug-likeness (QED) is 0.870. The molecule has 1 saturated carbocycles. The molecular formula is C17H26ClN3O. The third kappa shape index (κ3) is 3.57. The van der Waals surface area contributed by atoms with Crippen molar-refractivity contribution >= 4 is 17.3 Å². The van der Waals surface area contributed by atoms with Crippen LogP contribution in [0.4, 0.5) is 5.69 Å². The first kappa shape index (κ1) is 16.1. The van der Waals surface area contributed by atoms with Crippen LogP contribution in [-0.4, -0.2) is 55.4 Å². The second-order valence-corrected chi connectivity index (χ2v) is 7.12. The zero-order valence-corrected chi connectivity index (χ0v) is 14.1. The van der Waals surface area contributed by atoms with Crippen LogP contribution in [0.2, 0.25) is 5.02 Å². The minimum atomic E-state index is -0.491. The predicted molar refractivity (Wildman–Crippen MR) is 91.7 cm³/mol. The van der Waals surface area contributed by atoms with Crippen LogP contribution in [0.15, 0.2) is 18.2 Å². The Hall–Kier alpha value is -0.810. The summed E-state index contributed by atoms with van der Waals surface area (Å²) in [6.07, 6.45) is 2.96. The minimum Gasteiger partial charge on any atom is -0.389 e. The van der Waals surface area contributed by atoms with E-state index in [9.17, 15) is 5.11 Å². The maximum Gasteiger partial charge on any atom is 0.0771 e. The number of likely N-dealkylation sites (N-methyl/N-ethyl adjacent to an activating group) is 1. The van der Waals surface area contributed by atoms with Gasteiger partial charge in [0.15, 0.2) is 0 Å². The van der Waals surface area contributed by atoms with E-state index >= 15 is 0 Å². The van der Waals surface area contributed by atoms with Gasteiger partial charge < -0.3 is 20.2 Å². The summed E-state index contributed by atoms with van der Waals surface area (Å²) in [7, 11) is 2.16. The Bertz CT molecular complexity index is 511. The zero-order chi connectivity index (χ0) is 15.6. The van der Waals surface area contributed by atoms with E-state index in [1.165, 1.54) is 5.69 Å². The van der Waals surface area contributed by atoms with E-state index in [1.54, 1.807) is 0 Å². The molecule has 2 N–H and O–H groups in total. The summed E-state index contributed by atoms with van der Waals surface area (Å²) in [4.78, 5) is 4.77. The first-order valence-corrected chi connectivity index (χ1v) is 8.59. The molecule has 1 saturated heterocycles. The molecule has 0 atom stereocenters. The minimum absolute atomic E-state index is 0.491. The highest BCUT2D eigenvalue weighted by Crippen LogP contribution is 2.32. The van der Waals surface area contributed by atoms with Crippen LogP contribution in [0.3, 0.4) is 0 Å². The van der Waals surface area contributed by atoms with Gasteiger partial charge in [-0.2, -0.15) is 0 Å². The fourth-order valence-electron chi connectivity index (χ4n) is 3.25. The van der Waals surface area contributed by atoms with Gasteiger partial charge in [-0.05, 0) is 38.4 Å². The van der Waals surface area contributed by atoms with Crippen molar-refractivity contribution in [3.05, 3.63) is 28.8 Å². The summed E-state index contributed by atoms with van der Waals surface area (Å²) in [5.74, 6) is 0. The number of anilines is 1. The van der Waals surface area contributed by atoms with Crippen LogP contribution in [-0.2, 0) is 6.54 Å². The Balaban J connectivity index is 1.66. The van der Waals surface area contributed by atoms with Crippen LogP contribution in [0.1, 0.15) is 24.8 Å². The van der Waals surface area contributed by atoms with Gasteiger partial charge in [0.2, 0.25) is 0 Å². The maximum atomic E-state index is 10.2. The van der Waals surface area contributed by atoms with E-state index in [2.05, 4.69) is 28.2 Å². The van der Waals surface area contributed by atoms with E-state index < -0.39 is 5.60 Å². The van der Waals surface area contributed by atoms with Crippen LogP contribution >= 0.6 is 11.6 Å². The van der Waals surface area contributed by atoms with Gasteiger partial charge >= 0.3 is 0 Å². The van der Waals surface area contributed by atoms with E-state index in [4.69, 9.17) is 11.6 Å². The fourth-order valence-corrected chi connectivity index (χ4v) is 3.48. The number of nitrogens with one attached hydrogen (secondary N) is 1. The highest BCUT2D eigenvalue weighted by atomic mass is 35.5. The normalized spacial score (nSPS) is 21.7. The van der Waals surface area contributed by atoms with E-state index in [0.717, 1.165) is 56.0 Å². The average molecular weight is 324 g/mol. The smallest absolute Gasteiger partial charge is 0.0771 e. The molecule has 3 rings (SSSR count). The van der Waals surface area contributed by atoms with Gasteiger partial charge in [-0.3, -0.25) is 0 Å². The van der Waals surface area contributed by atoms with E-state index in [0.29, 0.717) is 13.1 Å². The number of piperazine rings is 1. The molecule has 1 aromatic rings. The van der Waals surface area contributed by atoms with Gasteiger partial charge in [0.1, 0.15) is 0 Å². The lowest BCUT2D eigenvalue weighted by molar-refractivity contribution is -0.0314. The molecule has 1 aromatic carbocycles. The SMILES string of the molecule is CN1CCN(c2cccc(Cl)c2CNCC2(O)CCC2)CC1. The van der Waals surface area contributed by atoms with Gasteiger partial charge in [-0.1, -0.05) is 17.7 Å². The first-order chi connectivity index (χ1) is 10.6. The fraction of sp³-hybridized carbons (Fsp3) is 0.647. The number of hydrogen-bond donors (Lipinski definition) is 2. The van der Waals surface area contributed by atoms with Crippen molar-refractivity contribution in [2.75, 3.05) is 44.7 Å². The Kier molecular flexibility index (Phi) is 4.93. The molecule has 0 spiro atoms. The van der Waals surface area contributed by atoms with Crippen molar-refractivity contribution in [2.45, 2.75) is 31.4 Å². The molecule has 1 aliphatic carbocycles. The van der Waals surface area contributed by atoms with Crippen molar-refractivity contribution in [3.8, 4) is 0 Å². The zero-order valence-electron chi connectivity index (χ0n) is 13.3.